The maximum atomic E-state index is 12.0. The molecule has 1 fully saturated rings. The first kappa shape index (κ1) is 17.9. The van der Waals surface area contributed by atoms with Crippen LogP contribution in [0.5, 0.6) is 0 Å². The minimum Gasteiger partial charge on any atom is -0.423 e. The molecule has 2 aromatic heterocycles. The molecular formula is C22H25N3O2. The van der Waals surface area contributed by atoms with Crippen LogP contribution in [0.15, 0.2) is 45.7 Å². The summed E-state index contributed by atoms with van der Waals surface area (Å²) in [4.78, 5) is 23.2. The minimum absolute atomic E-state index is 0.270. The monoisotopic (exact) mass is 363 g/mol. The molecule has 140 valence electrons. The Hall–Kier alpha value is -2.53. The number of piperidine rings is 1. The van der Waals surface area contributed by atoms with Crippen LogP contribution in [0.2, 0.25) is 0 Å². The molecule has 1 aliphatic heterocycles. The second-order valence-electron chi connectivity index (χ2n) is 7.35. The predicted octanol–water partition coefficient (Wildman–Crippen LogP) is 3.83. The zero-order chi connectivity index (χ0) is 18.8. The van der Waals surface area contributed by atoms with Gasteiger partial charge in [0.05, 0.1) is 0 Å². The fraction of sp³-hybridized carbons (Fsp3) is 0.409. The molecule has 1 saturated heterocycles. The summed E-state index contributed by atoms with van der Waals surface area (Å²) in [6.07, 6.45) is 4.98. The summed E-state index contributed by atoms with van der Waals surface area (Å²) in [5, 5.41) is 1.06. The Morgan fingerprint density at radius 3 is 2.74 bits per heavy atom. The average Bonchev–Trinajstić information content (AvgIpc) is 2.68. The Morgan fingerprint density at radius 1 is 1.19 bits per heavy atom. The van der Waals surface area contributed by atoms with Gasteiger partial charge in [0.1, 0.15) is 11.4 Å². The third kappa shape index (κ3) is 3.93. The number of hydrogen-bond donors (Lipinski definition) is 0. The zero-order valence-electron chi connectivity index (χ0n) is 15.9. The lowest BCUT2D eigenvalue weighted by molar-refractivity contribution is 0.203. The van der Waals surface area contributed by atoms with Crippen molar-refractivity contribution in [3.8, 4) is 0 Å². The molecule has 0 radical (unpaired) electrons. The number of hydrogen-bond acceptors (Lipinski definition) is 5. The summed E-state index contributed by atoms with van der Waals surface area (Å²) in [6.45, 7) is 6.87. The van der Waals surface area contributed by atoms with Crippen LogP contribution < -0.4 is 5.63 Å². The van der Waals surface area contributed by atoms with Gasteiger partial charge in [0.2, 0.25) is 0 Å². The molecule has 0 N–H and O–H groups in total. The van der Waals surface area contributed by atoms with Crippen LogP contribution in [0.25, 0.3) is 11.0 Å². The van der Waals surface area contributed by atoms with Crippen molar-refractivity contribution in [3.05, 3.63) is 69.6 Å². The summed E-state index contributed by atoms with van der Waals surface area (Å²) in [6, 6.07) is 9.80. The lowest BCUT2D eigenvalue weighted by Gasteiger charge is -2.31. The summed E-state index contributed by atoms with van der Waals surface area (Å²) in [7, 11) is 0. The van der Waals surface area contributed by atoms with E-state index in [2.05, 4.69) is 27.9 Å². The van der Waals surface area contributed by atoms with Crippen LogP contribution in [0.3, 0.4) is 0 Å². The van der Waals surface area contributed by atoms with E-state index in [1.807, 2.05) is 31.3 Å². The van der Waals surface area contributed by atoms with Crippen LogP contribution >= 0.6 is 0 Å². The van der Waals surface area contributed by atoms with Gasteiger partial charge in [-0.25, -0.2) is 14.8 Å². The SMILES string of the molecule is CCc1ccc2oc(=O)cc(CN3CCC(c4ccnc(C)n4)CC3)c2c1. The lowest BCUT2D eigenvalue weighted by atomic mass is 9.93. The van der Waals surface area contributed by atoms with Crippen LogP contribution in [0.4, 0.5) is 0 Å². The highest BCUT2D eigenvalue weighted by Gasteiger charge is 2.22. The smallest absolute Gasteiger partial charge is 0.336 e. The molecule has 0 spiro atoms. The van der Waals surface area contributed by atoms with Crippen molar-refractivity contribution >= 4 is 11.0 Å². The highest BCUT2D eigenvalue weighted by molar-refractivity contribution is 5.80. The van der Waals surface area contributed by atoms with Gasteiger partial charge in [-0.3, -0.25) is 4.90 Å². The van der Waals surface area contributed by atoms with Crippen molar-refractivity contribution in [3.63, 3.8) is 0 Å². The second kappa shape index (κ2) is 7.61. The van der Waals surface area contributed by atoms with E-state index < -0.39 is 0 Å². The molecule has 3 heterocycles. The van der Waals surface area contributed by atoms with Crippen LogP contribution in [-0.4, -0.2) is 28.0 Å². The molecule has 1 aromatic carbocycles. The number of nitrogens with zero attached hydrogens (tertiary/aromatic N) is 3. The van der Waals surface area contributed by atoms with E-state index in [4.69, 9.17) is 4.42 Å². The lowest BCUT2D eigenvalue weighted by Crippen LogP contribution is -2.33. The number of likely N-dealkylation sites (tertiary alicyclic amines) is 1. The van der Waals surface area contributed by atoms with E-state index in [0.717, 1.165) is 61.4 Å². The molecule has 1 aliphatic rings. The Kier molecular flexibility index (Phi) is 5.03. The first-order chi connectivity index (χ1) is 13.1. The van der Waals surface area contributed by atoms with Crippen molar-refractivity contribution in [2.45, 2.75) is 45.6 Å². The van der Waals surface area contributed by atoms with E-state index in [1.54, 1.807) is 6.07 Å². The molecule has 0 unspecified atom stereocenters. The minimum atomic E-state index is -0.270. The van der Waals surface area contributed by atoms with Crippen molar-refractivity contribution < 1.29 is 4.42 Å². The molecule has 0 aliphatic carbocycles. The van der Waals surface area contributed by atoms with Gasteiger partial charge in [-0.2, -0.15) is 0 Å². The Labute approximate surface area is 159 Å². The normalized spacial score (nSPS) is 16.1. The third-order valence-corrected chi connectivity index (χ3v) is 5.50. The summed E-state index contributed by atoms with van der Waals surface area (Å²) in [5.74, 6) is 1.33. The molecule has 0 atom stereocenters. The number of benzene rings is 1. The van der Waals surface area contributed by atoms with Gasteiger partial charge in [0.15, 0.2) is 0 Å². The van der Waals surface area contributed by atoms with Crippen molar-refractivity contribution in [1.82, 2.24) is 14.9 Å². The van der Waals surface area contributed by atoms with Crippen LogP contribution in [-0.2, 0) is 13.0 Å². The average molecular weight is 363 g/mol. The third-order valence-electron chi connectivity index (χ3n) is 5.50. The van der Waals surface area contributed by atoms with Gasteiger partial charge < -0.3 is 4.42 Å². The van der Waals surface area contributed by atoms with Gasteiger partial charge in [-0.1, -0.05) is 13.0 Å². The molecule has 5 nitrogen and oxygen atoms in total. The van der Waals surface area contributed by atoms with E-state index in [9.17, 15) is 4.79 Å². The molecule has 5 heteroatoms. The van der Waals surface area contributed by atoms with Gasteiger partial charge in [0.25, 0.3) is 0 Å². The van der Waals surface area contributed by atoms with E-state index in [-0.39, 0.29) is 5.63 Å². The van der Waals surface area contributed by atoms with Crippen molar-refractivity contribution in [2.75, 3.05) is 13.1 Å². The molecule has 0 bridgehead atoms. The molecule has 0 saturated carbocycles. The largest absolute Gasteiger partial charge is 0.423 e. The highest BCUT2D eigenvalue weighted by atomic mass is 16.4. The number of fused-ring (bicyclic) bond motifs is 1. The van der Waals surface area contributed by atoms with Crippen molar-refractivity contribution in [2.24, 2.45) is 0 Å². The van der Waals surface area contributed by atoms with Gasteiger partial charge in [-0.05, 0) is 68.6 Å². The highest BCUT2D eigenvalue weighted by Crippen LogP contribution is 2.28. The van der Waals surface area contributed by atoms with Gasteiger partial charge in [0, 0.05) is 35.8 Å². The number of aryl methyl sites for hydroxylation is 2. The fourth-order valence-corrected chi connectivity index (χ4v) is 3.96. The fourth-order valence-electron chi connectivity index (χ4n) is 3.96. The van der Waals surface area contributed by atoms with E-state index >= 15 is 0 Å². The van der Waals surface area contributed by atoms with Crippen molar-refractivity contribution in [1.29, 1.82) is 0 Å². The summed E-state index contributed by atoms with van der Waals surface area (Å²) >= 11 is 0. The summed E-state index contributed by atoms with van der Waals surface area (Å²) in [5.41, 5.74) is 3.89. The molecule has 4 rings (SSSR count). The topological polar surface area (TPSA) is 59.2 Å². The second-order valence-corrected chi connectivity index (χ2v) is 7.35. The molecular weight excluding hydrogens is 338 g/mol. The Balaban J connectivity index is 1.51. The van der Waals surface area contributed by atoms with Crippen LogP contribution in [0, 0.1) is 6.92 Å². The first-order valence-electron chi connectivity index (χ1n) is 9.70. The predicted molar refractivity (Wildman–Crippen MR) is 106 cm³/mol. The quantitative estimate of drug-likeness (QED) is 0.659. The molecule has 27 heavy (non-hydrogen) atoms. The Bertz CT molecular complexity index is 1000. The Morgan fingerprint density at radius 2 is 2.00 bits per heavy atom. The molecule has 3 aromatic rings. The molecule has 0 amide bonds. The standard InChI is InChI=1S/C22H25N3O2/c1-3-16-4-5-21-19(12-16)18(13-22(26)27-21)14-25-10-7-17(8-11-25)20-6-9-23-15(2)24-20/h4-6,9,12-13,17H,3,7-8,10-11,14H2,1-2H3. The maximum Gasteiger partial charge on any atom is 0.336 e. The number of aromatic nitrogens is 2. The zero-order valence-corrected chi connectivity index (χ0v) is 15.9. The van der Waals surface area contributed by atoms with Gasteiger partial charge in [-0.15, -0.1) is 0 Å². The first-order valence-corrected chi connectivity index (χ1v) is 9.70. The number of rotatable bonds is 4. The van der Waals surface area contributed by atoms with Gasteiger partial charge >= 0.3 is 5.63 Å². The summed E-state index contributed by atoms with van der Waals surface area (Å²) < 4.78 is 5.39. The van der Waals surface area contributed by atoms with Crippen LogP contribution in [0.1, 0.15) is 48.3 Å². The maximum absolute atomic E-state index is 12.0. The van der Waals surface area contributed by atoms with E-state index in [1.165, 1.54) is 5.56 Å². The van der Waals surface area contributed by atoms with E-state index in [0.29, 0.717) is 11.5 Å².